The summed E-state index contributed by atoms with van der Waals surface area (Å²) in [7, 11) is 4.24. The molecule has 1 aliphatic rings. The summed E-state index contributed by atoms with van der Waals surface area (Å²) in [5.74, 6) is 1.74. The highest BCUT2D eigenvalue weighted by Gasteiger charge is 2.27. The molecule has 0 aromatic carbocycles. The summed E-state index contributed by atoms with van der Waals surface area (Å²) < 4.78 is 2.35. The minimum Gasteiger partial charge on any atom is -0.311 e. The van der Waals surface area contributed by atoms with Crippen molar-refractivity contribution in [3.8, 4) is 0 Å². The number of rotatable bonds is 5. The Kier molecular flexibility index (Phi) is 4.97. The fraction of sp³-hybridized carbons (Fsp3) is 0.667. The number of piperidine rings is 1. The molecule has 1 atom stereocenters. The number of hydrogen-bond acceptors (Lipinski definition) is 4. The van der Waals surface area contributed by atoms with Crippen molar-refractivity contribution in [1.82, 2.24) is 24.3 Å². The van der Waals surface area contributed by atoms with E-state index in [4.69, 9.17) is 4.98 Å². The van der Waals surface area contributed by atoms with Crippen LogP contribution in [0.5, 0.6) is 0 Å². The van der Waals surface area contributed by atoms with Crippen molar-refractivity contribution in [3.63, 3.8) is 0 Å². The van der Waals surface area contributed by atoms with Crippen LogP contribution in [0, 0.1) is 0 Å². The molecule has 3 heterocycles. The van der Waals surface area contributed by atoms with Crippen LogP contribution in [0.3, 0.4) is 0 Å². The van der Waals surface area contributed by atoms with E-state index >= 15 is 0 Å². The van der Waals surface area contributed by atoms with Crippen molar-refractivity contribution < 1.29 is 0 Å². The lowest BCUT2D eigenvalue weighted by Crippen LogP contribution is -2.39. The van der Waals surface area contributed by atoms with Gasteiger partial charge >= 0.3 is 0 Å². The molecule has 5 nitrogen and oxygen atoms in total. The SMILES string of the molecule is CC(C)N1CCCC(c2nc3cccnc3n2CCN(C)C)C1. The summed E-state index contributed by atoms with van der Waals surface area (Å²) in [5, 5.41) is 0. The summed E-state index contributed by atoms with van der Waals surface area (Å²) in [6.07, 6.45) is 4.36. The second-order valence-corrected chi connectivity index (χ2v) is 7.20. The number of pyridine rings is 1. The number of likely N-dealkylation sites (N-methyl/N-ethyl adjacent to an activating group) is 1. The van der Waals surface area contributed by atoms with Gasteiger partial charge in [0.1, 0.15) is 11.3 Å². The van der Waals surface area contributed by atoms with Crippen LogP contribution in [0.1, 0.15) is 38.4 Å². The summed E-state index contributed by atoms with van der Waals surface area (Å²) in [6, 6.07) is 4.67. The first-order valence-electron chi connectivity index (χ1n) is 8.76. The lowest BCUT2D eigenvalue weighted by Gasteiger charge is -2.35. The Hall–Kier alpha value is -1.46. The maximum Gasteiger partial charge on any atom is 0.160 e. The van der Waals surface area contributed by atoms with Gasteiger partial charge in [-0.15, -0.1) is 0 Å². The molecule has 0 N–H and O–H groups in total. The van der Waals surface area contributed by atoms with E-state index in [1.54, 1.807) is 0 Å². The quantitative estimate of drug-likeness (QED) is 0.850. The molecule has 23 heavy (non-hydrogen) atoms. The van der Waals surface area contributed by atoms with Gasteiger partial charge in [-0.1, -0.05) is 0 Å². The summed E-state index contributed by atoms with van der Waals surface area (Å²) in [4.78, 5) is 14.4. The van der Waals surface area contributed by atoms with Gasteiger partial charge in [-0.05, 0) is 59.5 Å². The maximum atomic E-state index is 4.96. The third-order valence-corrected chi connectivity index (χ3v) is 4.85. The Morgan fingerprint density at radius 2 is 2.17 bits per heavy atom. The molecule has 2 aromatic rings. The monoisotopic (exact) mass is 315 g/mol. The summed E-state index contributed by atoms with van der Waals surface area (Å²) >= 11 is 0. The van der Waals surface area contributed by atoms with Crippen molar-refractivity contribution in [2.45, 2.75) is 45.2 Å². The number of likely N-dealkylation sites (tertiary alicyclic amines) is 1. The first-order chi connectivity index (χ1) is 11.1. The van der Waals surface area contributed by atoms with Crippen LogP contribution in [0.2, 0.25) is 0 Å². The standard InChI is InChI=1S/C18H29N5/c1-14(2)22-10-6-7-15(13-22)17-20-16-8-5-9-19-18(16)23(17)12-11-21(3)4/h5,8-9,14-15H,6-7,10-13H2,1-4H3. The fourth-order valence-electron chi connectivity index (χ4n) is 3.49. The molecule has 2 aromatic heterocycles. The highest BCUT2D eigenvalue weighted by atomic mass is 15.2. The van der Waals surface area contributed by atoms with Crippen LogP contribution in [-0.4, -0.2) is 64.1 Å². The van der Waals surface area contributed by atoms with Gasteiger partial charge in [-0.25, -0.2) is 9.97 Å². The molecule has 0 amide bonds. The lowest BCUT2D eigenvalue weighted by molar-refractivity contribution is 0.163. The van der Waals surface area contributed by atoms with Gasteiger partial charge in [0.2, 0.25) is 0 Å². The Bertz CT molecular complexity index is 646. The van der Waals surface area contributed by atoms with Crippen molar-refractivity contribution in [1.29, 1.82) is 0 Å². The van der Waals surface area contributed by atoms with E-state index in [0.717, 1.165) is 30.8 Å². The molecule has 1 saturated heterocycles. The van der Waals surface area contributed by atoms with Crippen molar-refractivity contribution >= 4 is 11.2 Å². The minimum atomic E-state index is 0.516. The van der Waals surface area contributed by atoms with Crippen molar-refractivity contribution in [2.75, 3.05) is 33.7 Å². The number of imidazole rings is 1. The van der Waals surface area contributed by atoms with Crippen LogP contribution >= 0.6 is 0 Å². The predicted octanol–water partition coefficient (Wildman–Crippen LogP) is 2.58. The molecule has 1 unspecified atom stereocenters. The van der Waals surface area contributed by atoms with Crippen LogP contribution in [0.25, 0.3) is 11.2 Å². The maximum absolute atomic E-state index is 4.96. The number of hydrogen-bond donors (Lipinski definition) is 0. The molecule has 0 spiro atoms. The van der Waals surface area contributed by atoms with Crippen LogP contribution in [-0.2, 0) is 6.54 Å². The molecule has 1 aliphatic heterocycles. The van der Waals surface area contributed by atoms with Crippen LogP contribution in [0.15, 0.2) is 18.3 Å². The molecule has 0 aliphatic carbocycles. The van der Waals surface area contributed by atoms with Gasteiger partial charge in [-0.3, -0.25) is 0 Å². The molecule has 3 rings (SSSR count). The number of fused-ring (bicyclic) bond motifs is 1. The second kappa shape index (κ2) is 6.97. The van der Waals surface area contributed by atoms with E-state index in [0.29, 0.717) is 12.0 Å². The Morgan fingerprint density at radius 3 is 2.91 bits per heavy atom. The molecule has 126 valence electrons. The third-order valence-electron chi connectivity index (χ3n) is 4.85. The smallest absolute Gasteiger partial charge is 0.160 e. The van der Waals surface area contributed by atoms with E-state index in [1.165, 1.54) is 25.2 Å². The molecule has 0 bridgehead atoms. The highest BCUT2D eigenvalue weighted by Crippen LogP contribution is 2.29. The van der Waals surface area contributed by atoms with Gasteiger partial charge in [0.15, 0.2) is 5.65 Å². The van der Waals surface area contributed by atoms with E-state index in [9.17, 15) is 0 Å². The average molecular weight is 315 g/mol. The molecule has 5 heteroatoms. The zero-order valence-corrected chi connectivity index (χ0v) is 14.9. The Labute approximate surface area is 139 Å². The minimum absolute atomic E-state index is 0.516. The van der Waals surface area contributed by atoms with Crippen LogP contribution in [0.4, 0.5) is 0 Å². The second-order valence-electron chi connectivity index (χ2n) is 7.20. The number of nitrogens with zero attached hydrogens (tertiary/aromatic N) is 5. The molecule has 0 radical (unpaired) electrons. The van der Waals surface area contributed by atoms with E-state index in [-0.39, 0.29) is 0 Å². The Balaban J connectivity index is 1.93. The first-order valence-corrected chi connectivity index (χ1v) is 8.76. The molecule has 0 saturated carbocycles. The third kappa shape index (κ3) is 3.56. The van der Waals surface area contributed by atoms with Gasteiger partial charge in [0.25, 0.3) is 0 Å². The Morgan fingerprint density at radius 1 is 1.35 bits per heavy atom. The van der Waals surface area contributed by atoms with Gasteiger partial charge < -0.3 is 14.4 Å². The molecule has 1 fully saturated rings. The van der Waals surface area contributed by atoms with Crippen molar-refractivity contribution in [3.05, 3.63) is 24.2 Å². The average Bonchev–Trinajstić information content (AvgIpc) is 2.91. The van der Waals surface area contributed by atoms with E-state index in [2.05, 4.69) is 53.4 Å². The largest absolute Gasteiger partial charge is 0.311 e. The normalized spacial score (nSPS) is 20.0. The van der Waals surface area contributed by atoms with Crippen molar-refractivity contribution in [2.24, 2.45) is 0 Å². The molecular formula is C18H29N5. The topological polar surface area (TPSA) is 37.2 Å². The predicted molar refractivity (Wildman–Crippen MR) is 94.8 cm³/mol. The lowest BCUT2D eigenvalue weighted by atomic mass is 9.96. The van der Waals surface area contributed by atoms with Crippen LogP contribution < -0.4 is 0 Å². The highest BCUT2D eigenvalue weighted by molar-refractivity contribution is 5.71. The van der Waals surface area contributed by atoms with E-state index in [1.807, 2.05) is 12.3 Å². The number of aromatic nitrogens is 3. The van der Waals surface area contributed by atoms with Gasteiger partial charge in [0.05, 0.1) is 0 Å². The van der Waals surface area contributed by atoms with Gasteiger partial charge in [-0.2, -0.15) is 0 Å². The summed E-state index contributed by atoms with van der Waals surface area (Å²) in [6.45, 7) is 8.87. The molecular weight excluding hydrogens is 286 g/mol. The zero-order valence-electron chi connectivity index (χ0n) is 14.9. The van der Waals surface area contributed by atoms with Gasteiger partial charge in [0, 0.05) is 37.8 Å². The summed E-state index contributed by atoms with van der Waals surface area (Å²) in [5.41, 5.74) is 2.06. The zero-order chi connectivity index (χ0) is 16.4. The first kappa shape index (κ1) is 16.4. The van der Waals surface area contributed by atoms with E-state index < -0.39 is 0 Å². The fourth-order valence-corrected chi connectivity index (χ4v) is 3.49.